The highest BCUT2D eigenvalue weighted by molar-refractivity contribution is 6.55. The van der Waals surface area contributed by atoms with E-state index in [-0.39, 0.29) is 0 Å². The zero-order valence-electron chi connectivity index (χ0n) is 13.2. The molecule has 0 aliphatic carbocycles. The number of aromatic nitrogens is 1. The van der Waals surface area contributed by atoms with Crippen molar-refractivity contribution in [2.45, 2.75) is 6.92 Å². The third-order valence-corrected chi connectivity index (χ3v) is 4.07. The van der Waals surface area contributed by atoms with Gasteiger partial charge in [0.2, 0.25) is 0 Å². The van der Waals surface area contributed by atoms with E-state index in [4.69, 9.17) is 5.26 Å². The molecule has 0 atom stereocenters. The summed E-state index contributed by atoms with van der Waals surface area (Å²) >= 11 is 0. The Hall–Kier alpha value is -3.26. The Morgan fingerprint density at radius 3 is 2.29 bits per heavy atom. The summed E-state index contributed by atoms with van der Waals surface area (Å²) in [7, 11) is 2.04. The zero-order valence-corrected chi connectivity index (χ0v) is 13.2. The molecule has 1 aromatic heterocycles. The number of hydrogen-bond donors (Lipinski definition) is 0. The summed E-state index contributed by atoms with van der Waals surface area (Å²) in [6, 6.07) is 22.5. The summed E-state index contributed by atoms with van der Waals surface area (Å²) in [5.41, 5.74) is 4.81. The van der Waals surface area contributed by atoms with Crippen LogP contribution >= 0.6 is 0 Å². The van der Waals surface area contributed by atoms with Crippen molar-refractivity contribution >= 4 is 30.4 Å². The molecule has 113 valence electrons. The van der Waals surface area contributed by atoms with Crippen LogP contribution in [0.3, 0.4) is 0 Å². The van der Waals surface area contributed by atoms with Crippen LogP contribution in [0.2, 0.25) is 0 Å². The lowest BCUT2D eigenvalue weighted by Crippen LogP contribution is -2.29. The number of fused-ring (bicyclic) bond motifs is 1. The molecule has 0 spiro atoms. The average molecular weight is 309 g/mol. The predicted molar refractivity (Wildman–Crippen MR) is 96.6 cm³/mol. The van der Waals surface area contributed by atoms with Gasteiger partial charge >= 0.3 is 7.55 Å². The summed E-state index contributed by atoms with van der Waals surface area (Å²) < 4.78 is 0. The van der Waals surface area contributed by atoms with Crippen molar-refractivity contribution in [3.05, 3.63) is 78.0 Å². The monoisotopic (exact) mass is 309 g/mol. The number of pyridine rings is 1. The van der Waals surface area contributed by atoms with Gasteiger partial charge in [-0.1, -0.05) is 30.3 Å². The molecule has 24 heavy (non-hydrogen) atoms. The van der Waals surface area contributed by atoms with Gasteiger partial charge in [0.05, 0.1) is 16.9 Å². The van der Waals surface area contributed by atoms with Crippen LogP contribution in [-0.4, -0.2) is 12.5 Å². The second kappa shape index (κ2) is 5.75. The van der Waals surface area contributed by atoms with Gasteiger partial charge in [-0.05, 0) is 42.8 Å². The van der Waals surface area contributed by atoms with Crippen LogP contribution < -0.4 is 9.62 Å². The van der Waals surface area contributed by atoms with Gasteiger partial charge in [-0.2, -0.15) is 5.26 Å². The predicted octanol–water partition coefficient (Wildman–Crippen LogP) is 4.09. The number of para-hydroxylation sites is 3. The van der Waals surface area contributed by atoms with Crippen LogP contribution in [0.25, 0.3) is 0 Å². The molecule has 1 aliphatic rings. The second-order valence-corrected chi connectivity index (χ2v) is 5.66. The quantitative estimate of drug-likeness (QED) is 0.669. The summed E-state index contributed by atoms with van der Waals surface area (Å²) in [5, 5.41) is 9.05. The SMILES string of the molecule is Cc1cc(C#N)cnc1N1[B]N(c2ccccc2)c2ccccc21. The highest BCUT2D eigenvalue weighted by Crippen LogP contribution is 2.42. The van der Waals surface area contributed by atoms with Crippen molar-refractivity contribution in [1.29, 1.82) is 5.26 Å². The van der Waals surface area contributed by atoms with Gasteiger partial charge in [-0.15, -0.1) is 0 Å². The molecule has 0 bridgehead atoms. The minimum Gasteiger partial charge on any atom is -0.367 e. The Bertz CT molecular complexity index is 934. The van der Waals surface area contributed by atoms with E-state index in [1.165, 1.54) is 0 Å². The maximum absolute atomic E-state index is 9.05. The summed E-state index contributed by atoms with van der Waals surface area (Å²) in [5.74, 6) is 0.833. The Balaban J connectivity index is 1.80. The van der Waals surface area contributed by atoms with Gasteiger partial charge in [-0.25, -0.2) is 4.98 Å². The Labute approximate surface area is 141 Å². The molecule has 1 radical (unpaired) electrons. The fraction of sp³-hybridized carbons (Fsp3) is 0.0526. The van der Waals surface area contributed by atoms with E-state index >= 15 is 0 Å². The van der Waals surface area contributed by atoms with Crippen LogP contribution in [0.15, 0.2) is 66.9 Å². The minimum atomic E-state index is 0.573. The van der Waals surface area contributed by atoms with Gasteiger partial charge in [0.25, 0.3) is 0 Å². The highest BCUT2D eigenvalue weighted by Gasteiger charge is 2.31. The molecular formula is C19H14BN4. The van der Waals surface area contributed by atoms with E-state index in [1.807, 2.05) is 50.9 Å². The molecule has 0 saturated heterocycles. The Morgan fingerprint density at radius 2 is 1.62 bits per heavy atom. The number of hydrogen-bond acceptors (Lipinski definition) is 4. The van der Waals surface area contributed by atoms with Crippen molar-refractivity contribution in [3.63, 3.8) is 0 Å². The molecule has 4 nitrogen and oxygen atoms in total. The largest absolute Gasteiger partial charge is 0.402 e. The van der Waals surface area contributed by atoms with Crippen LogP contribution in [0.4, 0.5) is 22.9 Å². The van der Waals surface area contributed by atoms with Gasteiger partial charge in [0.15, 0.2) is 0 Å². The molecule has 0 fully saturated rings. The maximum atomic E-state index is 9.05. The topological polar surface area (TPSA) is 43.2 Å². The van der Waals surface area contributed by atoms with Crippen LogP contribution in [0.5, 0.6) is 0 Å². The first-order chi connectivity index (χ1) is 11.8. The summed E-state index contributed by atoms with van der Waals surface area (Å²) in [6.45, 7) is 1.98. The van der Waals surface area contributed by atoms with Crippen LogP contribution in [-0.2, 0) is 0 Å². The highest BCUT2D eigenvalue weighted by atomic mass is 15.3. The Kier molecular flexibility index (Phi) is 3.43. The molecule has 0 saturated carbocycles. The summed E-state index contributed by atoms with van der Waals surface area (Å²) in [4.78, 5) is 8.72. The molecule has 3 aromatic rings. The van der Waals surface area contributed by atoms with E-state index in [1.54, 1.807) is 6.20 Å². The van der Waals surface area contributed by atoms with E-state index < -0.39 is 0 Å². The second-order valence-electron chi connectivity index (χ2n) is 5.66. The van der Waals surface area contributed by atoms with E-state index in [2.05, 4.69) is 44.9 Å². The first-order valence-electron chi connectivity index (χ1n) is 7.72. The average Bonchev–Trinajstić information content (AvgIpc) is 3.02. The number of benzene rings is 2. The Morgan fingerprint density at radius 1 is 0.958 bits per heavy atom. The number of anilines is 4. The lowest BCUT2D eigenvalue weighted by Gasteiger charge is -2.20. The first kappa shape index (κ1) is 14.3. The van der Waals surface area contributed by atoms with Gasteiger partial charge < -0.3 is 9.62 Å². The van der Waals surface area contributed by atoms with Crippen molar-refractivity contribution in [2.24, 2.45) is 0 Å². The first-order valence-corrected chi connectivity index (χ1v) is 7.72. The molecule has 4 rings (SSSR count). The molecule has 2 heterocycles. The molecule has 1 aliphatic heterocycles. The van der Waals surface area contributed by atoms with Crippen molar-refractivity contribution in [1.82, 2.24) is 4.98 Å². The third-order valence-electron chi connectivity index (χ3n) is 4.07. The fourth-order valence-corrected chi connectivity index (χ4v) is 2.96. The van der Waals surface area contributed by atoms with Crippen molar-refractivity contribution in [3.8, 4) is 6.07 Å². The minimum absolute atomic E-state index is 0.573. The maximum Gasteiger partial charge on any atom is 0.402 e. The molecule has 5 heteroatoms. The number of nitriles is 1. The third kappa shape index (κ3) is 2.29. The van der Waals surface area contributed by atoms with E-state index in [0.29, 0.717) is 5.56 Å². The summed E-state index contributed by atoms with van der Waals surface area (Å²) in [6.07, 6.45) is 1.62. The van der Waals surface area contributed by atoms with Crippen LogP contribution in [0.1, 0.15) is 11.1 Å². The normalized spacial score (nSPS) is 12.5. The van der Waals surface area contributed by atoms with E-state index in [0.717, 1.165) is 28.4 Å². The lowest BCUT2D eigenvalue weighted by molar-refractivity contribution is 1.19. The van der Waals surface area contributed by atoms with E-state index in [9.17, 15) is 0 Å². The van der Waals surface area contributed by atoms with Gasteiger partial charge in [-0.3, -0.25) is 0 Å². The molecule has 0 amide bonds. The van der Waals surface area contributed by atoms with Gasteiger partial charge in [0.1, 0.15) is 11.9 Å². The molecule has 2 aromatic carbocycles. The van der Waals surface area contributed by atoms with Gasteiger partial charge in [0, 0.05) is 11.9 Å². The molecule has 0 unspecified atom stereocenters. The fourth-order valence-electron chi connectivity index (χ4n) is 2.96. The molecular weight excluding hydrogens is 295 g/mol. The standard InChI is InChI=1S/C19H14BN4/c1-14-11-15(12-21)13-22-19(14)24-18-10-6-5-9-17(18)23(20-24)16-7-3-2-4-8-16/h2-11,13H,1H3. The smallest absolute Gasteiger partial charge is 0.367 e. The molecule has 0 N–H and O–H groups in total. The van der Waals surface area contributed by atoms with Crippen LogP contribution in [0, 0.1) is 18.3 Å². The number of aryl methyl sites for hydroxylation is 1. The lowest BCUT2D eigenvalue weighted by atomic mass is 10.0. The number of rotatable bonds is 2. The van der Waals surface area contributed by atoms with Crippen molar-refractivity contribution < 1.29 is 0 Å². The number of nitrogens with zero attached hydrogens (tertiary/aromatic N) is 4. The van der Waals surface area contributed by atoms with Crippen molar-refractivity contribution in [2.75, 3.05) is 9.62 Å². The zero-order chi connectivity index (χ0) is 16.5.